The fourth-order valence-corrected chi connectivity index (χ4v) is 2.28. The largest absolute Gasteiger partial charge is 0.493 e. The highest BCUT2D eigenvalue weighted by Crippen LogP contribution is 2.16. The molecule has 1 atom stereocenters. The molecule has 0 heterocycles. The summed E-state index contributed by atoms with van der Waals surface area (Å²) in [5, 5.41) is 4.92. The molecule has 0 fully saturated rings. The van der Waals surface area contributed by atoms with Gasteiger partial charge in [-0.15, -0.1) is 0 Å². The van der Waals surface area contributed by atoms with Crippen LogP contribution in [0.2, 0.25) is 0 Å². The van der Waals surface area contributed by atoms with E-state index < -0.39 is 10.0 Å². The number of nitrogens with two attached hydrogens (primary N) is 1. The molecule has 96 valence electrons. The second-order valence-electron chi connectivity index (χ2n) is 4.16. The molecule has 1 rings (SSSR count). The molecule has 6 heteroatoms. The van der Waals surface area contributed by atoms with E-state index in [1.807, 2.05) is 0 Å². The quantitative estimate of drug-likeness (QED) is 0.872. The first-order valence-electron chi connectivity index (χ1n) is 5.17. The van der Waals surface area contributed by atoms with E-state index in [1.54, 1.807) is 19.9 Å². The zero-order valence-electron chi connectivity index (χ0n) is 9.81. The van der Waals surface area contributed by atoms with Crippen LogP contribution in [0.3, 0.4) is 0 Å². The molecule has 17 heavy (non-hydrogen) atoms. The molecule has 0 aliphatic rings. The highest BCUT2D eigenvalue weighted by atomic mass is 32.2. The second kappa shape index (κ2) is 5.46. The van der Waals surface area contributed by atoms with Crippen molar-refractivity contribution in [3.05, 3.63) is 29.6 Å². The summed E-state index contributed by atoms with van der Waals surface area (Å²) in [6.07, 6.45) is 0. The van der Waals surface area contributed by atoms with Crippen LogP contribution in [0, 0.1) is 18.7 Å². The predicted octanol–water partition coefficient (Wildman–Crippen LogP) is 1.44. The lowest BCUT2D eigenvalue weighted by atomic mass is 10.2. The molecule has 4 nitrogen and oxygen atoms in total. The maximum Gasteiger partial charge on any atom is 0.209 e. The molecule has 1 aromatic carbocycles. The van der Waals surface area contributed by atoms with E-state index in [4.69, 9.17) is 9.88 Å². The van der Waals surface area contributed by atoms with E-state index in [2.05, 4.69) is 0 Å². The Bertz CT molecular complexity index is 487. The molecular formula is C11H16FNO3S. The van der Waals surface area contributed by atoms with E-state index in [0.29, 0.717) is 11.3 Å². The molecule has 0 radical (unpaired) electrons. The van der Waals surface area contributed by atoms with E-state index in [-0.39, 0.29) is 24.1 Å². The van der Waals surface area contributed by atoms with Crippen LogP contribution >= 0.6 is 0 Å². The minimum atomic E-state index is -3.48. The van der Waals surface area contributed by atoms with Crippen LogP contribution in [0.1, 0.15) is 12.5 Å². The Morgan fingerprint density at radius 2 is 2.12 bits per heavy atom. The van der Waals surface area contributed by atoms with E-state index >= 15 is 0 Å². The van der Waals surface area contributed by atoms with Crippen molar-refractivity contribution in [2.24, 2.45) is 11.1 Å². The van der Waals surface area contributed by atoms with Crippen molar-refractivity contribution in [3.8, 4) is 5.75 Å². The Morgan fingerprint density at radius 3 is 2.65 bits per heavy atom. The smallest absolute Gasteiger partial charge is 0.209 e. The molecule has 2 N–H and O–H groups in total. The van der Waals surface area contributed by atoms with Crippen molar-refractivity contribution in [1.82, 2.24) is 0 Å². The summed E-state index contributed by atoms with van der Waals surface area (Å²) < 4.78 is 40.0. The Balaban J connectivity index is 2.53. The third kappa shape index (κ3) is 5.14. The van der Waals surface area contributed by atoms with Crippen molar-refractivity contribution >= 4 is 10.0 Å². The molecule has 0 amide bonds. The molecule has 0 bridgehead atoms. The maximum absolute atomic E-state index is 13.0. The lowest BCUT2D eigenvalue weighted by Crippen LogP contribution is -2.25. The number of hydrogen-bond donors (Lipinski definition) is 1. The topological polar surface area (TPSA) is 69.4 Å². The minimum Gasteiger partial charge on any atom is -0.493 e. The average molecular weight is 261 g/mol. The number of sulfonamides is 1. The SMILES string of the molecule is Cc1cc(OCC(C)CS(N)(=O)=O)ccc1F. The first kappa shape index (κ1) is 13.9. The summed E-state index contributed by atoms with van der Waals surface area (Å²) in [6, 6.07) is 4.39. The van der Waals surface area contributed by atoms with Crippen molar-refractivity contribution in [3.63, 3.8) is 0 Å². The molecule has 0 aromatic heterocycles. The molecule has 0 saturated carbocycles. The van der Waals surface area contributed by atoms with Crippen molar-refractivity contribution in [1.29, 1.82) is 0 Å². The number of ether oxygens (including phenoxy) is 1. The van der Waals surface area contributed by atoms with E-state index in [1.165, 1.54) is 12.1 Å². The average Bonchev–Trinajstić information content (AvgIpc) is 2.17. The maximum atomic E-state index is 13.0. The summed E-state index contributed by atoms with van der Waals surface area (Å²) in [7, 11) is -3.48. The highest BCUT2D eigenvalue weighted by Gasteiger charge is 2.11. The standard InChI is InChI=1S/C11H16FNO3S/c1-8(7-17(13,14)15)6-16-10-3-4-11(12)9(2)5-10/h3-5,8H,6-7H2,1-2H3,(H2,13,14,15). The number of benzene rings is 1. The van der Waals surface area contributed by atoms with Gasteiger partial charge in [0.25, 0.3) is 0 Å². The van der Waals surface area contributed by atoms with Gasteiger partial charge in [0.1, 0.15) is 11.6 Å². The van der Waals surface area contributed by atoms with Gasteiger partial charge in [0.2, 0.25) is 10.0 Å². The Morgan fingerprint density at radius 1 is 1.47 bits per heavy atom. The van der Waals surface area contributed by atoms with Crippen LogP contribution in [0.5, 0.6) is 5.75 Å². The second-order valence-corrected chi connectivity index (χ2v) is 5.82. The van der Waals surface area contributed by atoms with Gasteiger partial charge in [-0.1, -0.05) is 6.92 Å². The number of primary sulfonamides is 1. The first-order valence-corrected chi connectivity index (χ1v) is 6.89. The van der Waals surface area contributed by atoms with Crippen LogP contribution < -0.4 is 9.88 Å². The number of halogens is 1. The van der Waals surface area contributed by atoms with Crippen molar-refractivity contribution < 1.29 is 17.5 Å². The normalized spacial score (nSPS) is 13.4. The Labute approximate surface area is 101 Å². The monoisotopic (exact) mass is 261 g/mol. The van der Waals surface area contributed by atoms with Gasteiger partial charge in [0, 0.05) is 5.92 Å². The van der Waals surface area contributed by atoms with Gasteiger partial charge >= 0.3 is 0 Å². The van der Waals surface area contributed by atoms with Gasteiger partial charge in [-0.05, 0) is 30.7 Å². The molecule has 1 aromatic rings. The first-order chi connectivity index (χ1) is 7.78. The highest BCUT2D eigenvalue weighted by molar-refractivity contribution is 7.89. The number of rotatable bonds is 5. The van der Waals surface area contributed by atoms with Gasteiger partial charge in [-0.3, -0.25) is 0 Å². The van der Waals surface area contributed by atoms with Crippen LogP contribution in [-0.2, 0) is 10.0 Å². The van der Waals surface area contributed by atoms with Crippen molar-refractivity contribution in [2.45, 2.75) is 13.8 Å². The van der Waals surface area contributed by atoms with Gasteiger partial charge in [-0.2, -0.15) is 0 Å². The summed E-state index contributed by atoms with van der Waals surface area (Å²) in [6.45, 7) is 3.58. The molecule has 1 unspecified atom stereocenters. The molecule has 0 aliphatic carbocycles. The summed E-state index contributed by atoms with van der Waals surface area (Å²) in [5.41, 5.74) is 0.488. The van der Waals surface area contributed by atoms with Crippen LogP contribution in [0.4, 0.5) is 4.39 Å². The van der Waals surface area contributed by atoms with Crippen LogP contribution in [0.25, 0.3) is 0 Å². The molecular weight excluding hydrogens is 245 g/mol. The van der Waals surface area contributed by atoms with Gasteiger partial charge in [-0.25, -0.2) is 17.9 Å². The lowest BCUT2D eigenvalue weighted by Gasteiger charge is -2.12. The zero-order valence-corrected chi connectivity index (χ0v) is 10.6. The van der Waals surface area contributed by atoms with E-state index in [0.717, 1.165) is 0 Å². The molecule has 0 spiro atoms. The predicted molar refractivity (Wildman–Crippen MR) is 63.8 cm³/mol. The Hall–Kier alpha value is -1.14. The van der Waals surface area contributed by atoms with Gasteiger partial charge in [0.05, 0.1) is 12.4 Å². The number of aryl methyl sites for hydroxylation is 1. The van der Waals surface area contributed by atoms with Crippen LogP contribution in [0.15, 0.2) is 18.2 Å². The number of hydrogen-bond acceptors (Lipinski definition) is 3. The fraction of sp³-hybridized carbons (Fsp3) is 0.455. The third-order valence-electron chi connectivity index (χ3n) is 2.18. The summed E-state index contributed by atoms with van der Waals surface area (Å²) in [5.74, 6) is -0.122. The van der Waals surface area contributed by atoms with Gasteiger partial charge in [0.15, 0.2) is 0 Å². The van der Waals surface area contributed by atoms with E-state index in [9.17, 15) is 12.8 Å². The lowest BCUT2D eigenvalue weighted by molar-refractivity contribution is 0.271. The fourth-order valence-electron chi connectivity index (χ4n) is 1.39. The van der Waals surface area contributed by atoms with Crippen molar-refractivity contribution in [2.75, 3.05) is 12.4 Å². The van der Waals surface area contributed by atoms with Gasteiger partial charge < -0.3 is 4.74 Å². The van der Waals surface area contributed by atoms with Crippen LogP contribution in [-0.4, -0.2) is 20.8 Å². The zero-order chi connectivity index (χ0) is 13.1. The minimum absolute atomic E-state index is 0.132. The molecule has 0 saturated heterocycles. The Kier molecular flexibility index (Phi) is 4.47. The molecule has 0 aliphatic heterocycles. The summed E-state index contributed by atoms with van der Waals surface area (Å²) in [4.78, 5) is 0. The third-order valence-corrected chi connectivity index (χ3v) is 3.21. The summed E-state index contributed by atoms with van der Waals surface area (Å²) >= 11 is 0.